The van der Waals surface area contributed by atoms with Gasteiger partial charge >= 0.3 is 17.1 Å². The second-order valence-electron chi connectivity index (χ2n) is 4.39. The first-order chi connectivity index (χ1) is 10.3. The zero-order chi connectivity index (χ0) is 14.9. The summed E-state index contributed by atoms with van der Waals surface area (Å²) in [7, 11) is 1.92. The van der Waals surface area contributed by atoms with Crippen LogP contribution in [0.5, 0.6) is 0 Å². The van der Waals surface area contributed by atoms with Gasteiger partial charge in [-0.2, -0.15) is 0 Å². The van der Waals surface area contributed by atoms with Gasteiger partial charge in [-0.3, -0.25) is 9.97 Å². The summed E-state index contributed by atoms with van der Waals surface area (Å²) in [6, 6.07) is 11.5. The Hall–Kier alpha value is -1.66. The largest absolute Gasteiger partial charge is 2.00 e. The van der Waals surface area contributed by atoms with E-state index in [4.69, 9.17) is 0 Å². The number of hydrogen-bond donors (Lipinski definition) is 0. The van der Waals surface area contributed by atoms with Crippen LogP contribution in [0, 0.1) is 0 Å². The summed E-state index contributed by atoms with van der Waals surface area (Å²) < 4.78 is 0. The zero-order valence-corrected chi connectivity index (χ0v) is 13.9. The van der Waals surface area contributed by atoms with E-state index >= 15 is 0 Å². The van der Waals surface area contributed by atoms with E-state index in [-0.39, 0.29) is 17.1 Å². The van der Waals surface area contributed by atoms with Crippen molar-refractivity contribution < 1.29 is 17.1 Å². The quantitative estimate of drug-likeness (QED) is 0.203. The van der Waals surface area contributed by atoms with Crippen LogP contribution in [-0.4, -0.2) is 39.8 Å². The van der Waals surface area contributed by atoms with Gasteiger partial charge in [-0.15, -0.1) is 0 Å². The second-order valence-corrected chi connectivity index (χ2v) is 4.79. The SMILES string of the molecule is CN(CCc1ccccn1)C(=[SH+])[N-]N=Cc1ccccn1.[Cu+2]. The third kappa shape index (κ3) is 6.41. The molecule has 0 saturated carbocycles. The Bertz CT molecular complexity index is 591. The van der Waals surface area contributed by atoms with E-state index in [1.165, 1.54) is 0 Å². The molecule has 7 heteroatoms. The first-order valence-corrected chi connectivity index (χ1v) is 7.02. The maximum atomic E-state index is 4.34. The van der Waals surface area contributed by atoms with E-state index in [2.05, 4.69) is 32.7 Å². The van der Waals surface area contributed by atoms with Crippen molar-refractivity contribution in [1.29, 1.82) is 0 Å². The number of nitrogens with zero attached hydrogens (tertiary/aromatic N) is 5. The van der Waals surface area contributed by atoms with E-state index in [0.29, 0.717) is 5.11 Å². The van der Waals surface area contributed by atoms with Crippen molar-refractivity contribution in [1.82, 2.24) is 14.9 Å². The van der Waals surface area contributed by atoms with Crippen LogP contribution in [0.25, 0.3) is 5.43 Å². The van der Waals surface area contributed by atoms with E-state index in [1.807, 2.05) is 48.3 Å². The van der Waals surface area contributed by atoms with E-state index in [9.17, 15) is 0 Å². The van der Waals surface area contributed by atoms with Crippen LogP contribution in [0.4, 0.5) is 0 Å². The maximum Gasteiger partial charge on any atom is 2.00 e. The third-order valence-electron chi connectivity index (χ3n) is 2.80. The Morgan fingerprint density at radius 1 is 1.23 bits per heavy atom. The topological polar surface area (TPSA) is 55.5 Å². The number of thiol groups is 1. The Labute approximate surface area is 146 Å². The molecule has 1 radical (unpaired) electrons. The van der Waals surface area contributed by atoms with Gasteiger partial charge in [0.05, 0.1) is 5.69 Å². The van der Waals surface area contributed by atoms with Crippen LogP contribution in [0.2, 0.25) is 0 Å². The van der Waals surface area contributed by atoms with Gasteiger partial charge in [-0.05, 0) is 31.3 Å². The molecule has 2 aromatic rings. The Morgan fingerprint density at radius 2 is 1.95 bits per heavy atom. The van der Waals surface area contributed by atoms with E-state index in [0.717, 1.165) is 24.4 Å². The Kier molecular flexibility index (Phi) is 8.47. The molecular weight excluding hydrogens is 346 g/mol. The molecule has 2 aromatic heterocycles. The molecule has 0 fully saturated rings. The maximum absolute atomic E-state index is 4.34. The van der Waals surface area contributed by atoms with Crippen LogP contribution < -0.4 is 0 Å². The molecule has 2 rings (SSSR count). The number of hydrogen-bond acceptors (Lipinski definition) is 3. The van der Waals surface area contributed by atoms with Crippen LogP contribution >= 0.6 is 0 Å². The zero-order valence-electron chi connectivity index (χ0n) is 12.1. The first-order valence-electron chi connectivity index (χ1n) is 6.58. The van der Waals surface area contributed by atoms with Crippen molar-refractivity contribution in [2.24, 2.45) is 5.10 Å². The van der Waals surface area contributed by atoms with Crippen LogP contribution in [0.1, 0.15) is 11.4 Å². The average Bonchev–Trinajstić information content (AvgIpc) is 2.54. The molecule has 0 saturated heterocycles. The second kappa shape index (κ2) is 10.1. The Balaban J connectivity index is 0.00000242. The standard InChI is InChI=1S/C15H17N5S.Cu/c1-20(11-8-13-6-2-4-9-16-13)15(21)19-18-12-14-7-3-5-10-17-14;/h2-7,9-10,12H,8,11H2,1H3,(H,17,19,21);/q;+2. The number of likely N-dealkylation sites (N-methyl/N-ethyl adjacent to an activating group) is 1. The van der Waals surface area contributed by atoms with Crippen molar-refractivity contribution in [3.8, 4) is 0 Å². The van der Waals surface area contributed by atoms with Gasteiger partial charge in [-0.25, -0.2) is 4.90 Å². The predicted molar refractivity (Wildman–Crippen MR) is 89.5 cm³/mol. The fourth-order valence-corrected chi connectivity index (χ4v) is 1.75. The van der Waals surface area contributed by atoms with Crippen molar-refractivity contribution in [3.63, 3.8) is 0 Å². The summed E-state index contributed by atoms with van der Waals surface area (Å²) in [4.78, 5) is 10.3. The normalized spacial score (nSPS) is 10.5. The third-order valence-corrected chi connectivity index (χ3v) is 3.23. The number of pyridine rings is 2. The molecule has 0 bridgehead atoms. The molecule has 0 aliphatic carbocycles. The monoisotopic (exact) mass is 362 g/mol. The molecule has 0 aromatic carbocycles. The van der Waals surface area contributed by atoms with E-state index in [1.54, 1.807) is 18.6 Å². The van der Waals surface area contributed by atoms with Crippen molar-refractivity contribution in [2.45, 2.75) is 6.42 Å². The predicted octanol–water partition coefficient (Wildman–Crippen LogP) is 1.72. The van der Waals surface area contributed by atoms with Gasteiger partial charge in [0.2, 0.25) is 0 Å². The molecule has 0 spiro atoms. The van der Waals surface area contributed by atoms with Crippen LogP contribution in [0.15, 0.2) is 53.9 Å². The molecule has 0 aliphatic heterocycles. The summed E-state index contributed by atoms with van der Waals surface area (Å²) in [5.41, 5.74) is 5.85. The molecule has 0 aliphatic rings. The molecular formula is C15H17CuN5S+2. The van der Waals surface area contributed by atoms with Crippen molar-refractivity contribution in [3.05, 3.63) is 65.6 Å². The summed E-state index contributed by atoms with van der Waals surface area (Å²) in [5.74, 6) is 0. The summed E-state index contributed by atoms with van der Waals surface area (Å²) in [5, 5.41) is 4.54. The van der Waals surface area contributed by atoms with Crippen molar-refractivity contribution in [2.75, 3.05) is 13.6 Å². The van der Waals surface area contributed by atoms with Gasteiger partial charge in [0.15, 0.2) is 17.3 Å². The number of rotatable bonds is 5. The molecule has 5 nitrogen and oxygen atoms in total. The molecule has 2 heterocycles. The van der Waals surface area contributed by atoms with Gasteiger partial charge in [0, 0.05) is 37.3 Å². The molecule has 0 unspecified atom stereocenters. The summed E-state index contributed by atoms with van der Waals surface area (Å²) in [6.07, 6.45) is 5.94. The van der Waals surface area contributed by atoms with Crippen LogP contribution in [0.3, 0.4) is 0 Å². The summed E-state index contributed by atoms with van der Waals surface area (Å²) in [6.45, 7) is 0.776. The van der Waals surface area contributed by atoms with E-state index < -0.39 is 0 Å². The fraction of sp³-hybridized carbons (Fsp3) is 0.200. The van der Waals surface area contributed by atoms with Crippen molar-refractivity contribution >= 4 is 23.5 Å². The van der Waals surface area contributed by atoms with Crippen LogP contribution in [-0.2, 0) is 35.7 Å². The first kappa shape index (κ1) is 18.4. The Morgan fingerprint density at radius 3 is 2.59 bits per heavy atom. The smallest absolute Gasteiger partial charge is 0.515 e. The van der Waals surface area contributed by atoms with Gasteiger partial charge in [0.25, 0.3) is 0 Å². The molecule has 0 amide bonds. The molecule has 117 valence electrons. The molecule has 0 N–H and O–H groups in total. The number of aromatic nitrogens is 2. The fourth-order valence-electron chi connectivity index (χ4n) is 1.60. The van der Waals surface area contributed by atoms with Gasteiger partial charge < -0.3 is 10.5 Å². The summed E-state index contributed by atoms with van der Waals surface area (Å²) >= 11 is 4.34. The molecule has 0 atom stereocenters. The van der Waals surface area contributed by atoms with Gasteiger partial charge in [0.1, 0.15) is 0 Å². The minimum Gasteiger partial charge on any atom is -0.515 e. The minimum absolute atomic E-state index is 0. The minimum atomic E-state index is 0. The molecule has 22 heavy (non-hydrogen) atoms. The average molecular weight is 363 g/mol. The van der Waals surface area contributed by atoms with Gasteiger partial charge in [-0.1, -0.05) is 12.1 Å².